The van der Waals surface area contributed by atoms with Crippen molar-refractivity contribution in [3.05, 3.63) is 23.3 Å². The third-order valence-corrected chi connectivity index (χ3v) is 4.78. The molecule has 0 radical (unpaired) electrons. The van der Waals surface area contributed by atoms with Gasteiger partial charge in [0.15, 0.2) is 0 Å². The highest BCUT2D eigenvalue weighted by atomic mass is 16.5. The molecule has 0 bridgehead atoms. The molecule has 1 saturated heterocycles. The number of hydrogen-bond donors (Lipinski definition) is 1. The minimum atomic E-state index is -0.319. The van der Waals surface area contributed by atoms with Gasteiger partial charge < -0.3 is 9.84 Å². The van der Waals surface area contributed by atoms with E-state index < -0.39 is 0 Å². The van der Waals surface area contributed by atoms with Crippen LogP contribution in [-0.2, 0) is 4.74 Å². The number of aliphatic hydroxyl groups is 1. The molecule has 2 atom stereocenters. The van der Waals surface area contributed by atoms with Gasteiger partial charge in [-0.1, -0.05) is 46.3 Å². The van der Waals surface area contributed by atoms with Crippen LogP contribution in [-0.4, -0.2) is 49.0 Å². The third-order valence-electron chi connectivity index (χ3n) is 4.78. The fourth-order valence-corrected chi connectivity index (χ4v) is 3.23. The van der Waals surface area contributed by atoms with Crippen molar-refractivity contribution in [3.8, 4) is 0 Å². The van der Waals surface area contributed by atoms with E-state index >= 15 is 0 Å². The van der Waals surface area contributed by atoms with Crippen LogP contribution in [0.15, 0.2) is 23.3 Å². The predicted molar refractivity (Wildman–Crippen MR) is 91.9 cm³/mol. The summed E-state index contributed by atoms with van der Waals surface area (Å²) in [5, 5.41) is 10.8. The molecule has 0 saturated carbocycles. The molecule has 1 aliphatic carbocycles. The maximum atomic E-state index is 10.8. The Morgan fingerprint density at radius 3 is 2.55 bits per heavy atom. The number of unbranched alkanes of at least 4 members (excludes halogenated alkanes) is 1. The van der Waals surface area contributed by atoms with Crippen molar-refractivity contribution in [2.24, 2.45) is 11.3 Å². The molecule has 2 rings (SSSR count). The number of nitrogens with zero attached hydrogens (tertiary/aromatic N) is 1. The van der Waals surface area contributed by atoms with Crippen molar-refractivity contribution >= 4 is 0 Å². The summed E-state index contributed by atoms with van der Waals surface area (Å²) >= 11 is 0. The van der Waals surface area contributed by atoms with Crippen LogP contribution in [0, 0.1) is 11.3 Å². The molecule has 0 aromatic carbocycles. The van der Waals surface area contributed by atoms with Crippen molar-refractivity contribution < 1.29 is 9.84 Å². The minimum Gasteiger partial charge on any atom is -0.388 e. The average Bonchev–Trinajstić information content (AvgIpc) is 2.48. The highest BCUT2D eigenvalue weighted by molar-refractivity contribution is 5.36. The van der Waals surface area contributed by atoms with Crippen molar-refractivity contribution in [3.63, 3.8) is 0 Å². The highest BCUT2D eigenvalue weighted by Gasteiger charge is 2.30. The lowest BCUT2D eigenvalue weighted by Crippen LogP contribution is -2.42. The van der Waals surface area contributed by atoms with E-state index in [1.54, 1.807) is 0 Å². The first-order valence-corrected chi connectivity index (χ1v) is 8.82. The zero-order chi connectivity index (χ0) is 16.2. The average molecular weight is 307 g/mol. The fourth-order valence-electron chi connectivity index (χ4n) is 3.23. The lowest BCUT2D eigenvalue weighted by Gasteiger charge is -2.36. The number of aliphatic hydroxyl groups excluding tert-OH is 1. The van der Waals surface area contributed by atoms with Crippen molar-refractivity contribution in [1.29, 1.82) is 0 Å². The Balaban J connectivity index is 2.13. The predicted octanol–water partition coefficient (Wildman–Crippen LogP) is 3.40. The van der Waals surface area contributed by atoms with Crippen LogP contribution < -0.4 is 0 Å². The summed E-state index contributed by atoms with van der Waals surface area (Å²) in [7, 11) is 0. The van der Waals surface area contributed by atoms with E-state index in [0.29, 0.717) is 0 Å². The molecule has 0 amide bonds. The molecule has 1 N–H and O–H groups in total. The first-order valence-electron chi connectivity index (χ1n) is 8.82. The van der Waals surface area contributed by atoms with E-state index in [1.165, 1.54) is 17.6 Å². The molecule has 1 aliphatic heterocycles. The highest BCUT2D eigenvalue weighted by Crippen LogP contribution is 2.36. The van der Waals surface area contributed by atoms with Crippen LogP contribution in [0.1, 0.15) is 47.0 Å². The van der Waals surface area contributed by atoms with Crippen molar-refractivity contribution in [2.75, 3.05) is 32.8 Å². The second-order valence-electron chi connectivity index (χ2n) is 7.72. The molecule has 0 aromatic rings. The monoisotopic (exact) mass is 307 g/mol. The van der Waals surface area contributed by atoms with Gasteiger partial charge in [0.25, 0.3) is 0 Å². The summed E-state index contributed by atoms with van der Waals surface area (Å²) in [5.41, 5.74) is 2.75. The van der Waals surface area contributed by atoms with Crippen LogP contribution in [0.3, 0.4) is 0 Å². The SMILES string of the molecule is CCCCC1=CC(C(C)(C)C)=CC(CN2CCOCC2)C1O. The van der Waals surface area contributed by atoms with Gasteiger partial charge in [0.05, 0.1) is 19.3 Å². The summed E-state index contributed by atoms with van der Waals surface area (Å²) in [5.74, 6) is 0.212. The van der Waals surface area contributed by atoms with Gasteiger partial charge in [-0.05, 0) is 29.4 Å². The zero-order valence-corrected chi connectivity index (χ0v) is 14.8. The van der Waals surface area contributed by atoms with Crippen LogP contribution in [0.25, 0.3) is 0 Å². The molecule has 126 valence electrons. The Labute approximate surface area is 136 Å². The second kappa shape index (κ2) is 7.76. The molecule has 3 nitrogen and oxygen atoms in total. The number of rotatable bonds is 5. The van der Waals surface area contributed by atoms with Crippen LogP contribution in [0.4, 0.5) is 0 Å². The quantitative estimate of drug-likeness (QED) is 0.845. The van der Waals surface area contributed by atoms with Crippen molar-refractivity contribution in [2.45, 2.75) is 53.1 Å². The lowest BCUT2D eigenvalue weighted by atomic mass is 9.76. The van der Waals surface area contributed by atoms with E-state index in [2.05, 4.69) is 44.7 Å². The molecule has 2 unspecified atom stereocenters. The number of ether oxygens (including phenoxy) is 1. The summed E-state index contributed by atoms with van der Waals surface area (Å²) in [6.07, 6.45) is 7.61. The van der Waals surface area contributed by atoms with E-state index in [-0.39, 0.29) is 17.4 Å². The third kappa shape index (κ3) is 4.68. The molecular weight excluding hydrogens is 274 g/mol. The lowest BCUT2D eigenvalue weighted by molar-refractivity contribution is 0.0231. The van der Waals surface area contributed by atoms with Gasteiger partial charge in [0.1, 0.15) is 0 Å². The second-order valence-corrected chi connectivity index (χ2v) is 7.72. The topological polar surface area (TPSA) is 32.7 Å². The largest absolute Gasteiger partial charge is 0.388 e. The van der Waals surface area contributed by atoms with E-state index in [4.69, 9.17) is 4.74 Å². The summed E-state index contributed by atoms with van der Waals surface area (Å²) < 4.78 is 5.43. The molecule has 2 aliphatic rings. The first-order chi connectivity index (χ1) is 10.4. The van der Waals surface area contributed by atoms with Crippen LogP contribution in [0.2, 0.25) is 0 Å². The minimum absolute atomic E-state index is 0.140. The van der Waals surface area contributed by atoms with Crippen molar-refractivity contribution in [1.82, 2.24) is 4.90 Å². The first kappa shape index (κ1) is 17.7. The fraction of sp³-hybridized carbons (Fsp3) is 0.789. The van der Waals surface area contributed by atoms with Crippen LogP contribution in [0.5, 0.6) is 0 Å². The summed E-state index contributed by atoms with van der Waals surface area (Å²) in [4.78, 5) is 2.43. The maximum Gasteiger partial charge on any atom is 0.0828 e. The van der Waals surface area contributed by atoms with Gasteiger partial charge in [-0.3, -0.25) is 4.90 Å². The van der Waals surface area contributed by atoms with Gasteiger partial charge in [-0.2, -0.15) is 0 Å². The number of morpholine rings is 1. The van der Waals surface area contributed by atoms with Crippen LogP contribution >= 0.6 is 0 Å². The normalized spacial score (nSPS) is 27.5. The molecule has 1 fully saturated rings. The maximum absolute atomic E-state index is 10.8. The number of hydrogen-bond acceptors (Lipinski definition) is 3. The smallest absolute Gasteiger partial charge is 0.0828 e. The van der Waals surface area contributed by atoms with Gasteiger partial charge in [0, 0.05) is 25.6 Å². The van der Waals surface area contributed by atoms with E-state index in [9.17, 15) is 5.11 Å². The molecule has 22 heavy (non-hydrogen) atoms. The Hall–Kier alpha value is -0.640. The molecule has 0 spiro atoms. The summed E-state index contributed by atoms with van der Waals surface area (Å²) in [6, 6.07) is 0. The Bertz CT molecular complexity index is 414. The molecule has 0 aromatic heterocycles. The molecule has 1 heterocycles. The van der Waals surface area contributed by atoms with Gasteiger partial charge >= 0.3 is 0 Å². The standard InChI is InChI=1S/C19H33NO2/c1-5-6-7-15-12-17(19(2,3)4)13-16(18(15)21)14-20-8-10-22-11-9-20/h12-13,16,18,21H,5-11,14H2,1-4H3. The zero-order valence-electron chi connectivity index (χ0n) is 14.8. The van der Waals surface area contributed by atoms with Gasteiger partial charge in [-0.15, -0.1) is 0 Å². The van der Waals surface area contributed by atoms with E-state index in [0.717, 1.165) is 45.7 Å². The Morgan fingerprint density at radius 2 is 1.95 bits per heavy atom. The van der Waals surface area contributed by atoms with Gasteiger partial charge in [-0.25, -0.2) is 0 Å². The van der Waals surface area contributed by atoms with Gasteiger partial charge in [0.2, 0.25) is 0 Å². The number of allylic oxidation sites excluding steroid dienone is 2. The summed E-state index contributed by atoms with van der Waals surface area (Å²) in [6.45, 7) is 13.5. The Kier molecular flexibility index (Phi) is 6.25. The molecule has 3 heteroatoms. The van der Waals surface area contributed by atoms with E-state index in [1.807, 2.05) is 0 Å². The Morgan fingerprint density at radius 1 is 1.27 bits per heavy atom. The molecular formula is C19H33NO2.